The molecule has 1 aromatic carbocycles. The number of nitrogens with one attached hydrogen (secondary N) is 1. The van der Waals surface area contributed by atoms with Gasteiger partial charge in [-0.25, -0.2) is 14.0 Å². The number of rotatable bonds is 7. The zero-order valence-electron chi connectivity index (χ0n) is 17.6. The van der Waals surface area contributed by atoms with Gasteiger partial charge in [0.05, 0.1) is 12.8 Å². The molecule has 10 heteroatoms. The maximum absolute atomic E-state index is 12.9. The molecule has 166 valence electrons. The lowest BCUT2D eigenvalue weighted by Crippen LogP contribution is -2.51. The van der Waals surface area contributed by atoms with Crippen LogP contribution in [0.25, 0.3) is 0 Å². The van der Waals surface area contributed by atoms with Crippen LogP contribution >= 0.6 is 0 Å². The number of methoxy groups -OCH3 is 1. The summed E-state index contributed by atoms with van der Waals surface area (Å²) in [6, 6.07) is 10.1. The molecule has 0 spiro atoms. The standard InChI is InChI=1S/C21H26N4O5S/c1-3-14-31(28)23-17-8-7-16(15-18(17)29-2)20(26)24-10-12-25(13-11-24)21(27)30-19-6-4-5-9-22-19/h4-9,15,23H,3,10-14H2,1-2H3. The maximum atomic E-state index is 12.9. The summed E-state index contributed by atoms with van der Waals surface area (Å²) in [5, 5.41) is 0. The fraction of sp³-hybridized carbons (Fsp3) is 0.381. The van der Waals surface area contributed by atoms with Gasteiger partial charge in [-0.2, -0.15) is 0 Å². The quantitative estimate of drug-likeness (QED) is 0.701. The number of nitrogens with zero attached hydrogens (tertiary/aromatic N) is 3. The minimum atomic E-state index is -1.21. The molecule has 2 amide bonds. The topological polar surface area (TPSA) is 101 Å². The number of benzene rings is 1. The number of ether oxygens (including phenoxy) is 2. The van der Waals surface area contributed by atoms with E-state index in [1.54, 1.807) is 52.4 Å². The number of anilines is 1. The number of carbonyl (C=O) groups excluding carboxylic acids is 2. The molecule has 2 aromatic rings. The molecule has 2 heterocycles. The van der Waals surface area contributed by atoms with E-state index in [4.69, 9.17) is 9.47 Å². The van der Waals surface area contributed by atoms with E-state index < -0.39 is 17.1 Å². The van der Waals surface area contributed by atoms with Crippen LogP contribution in [0, 0.1) is 0 Å². The molecular formula is C21H26N4O5S. The fourth-order valence-corrected chi connectivity index (χ4v) is 3.99. The smallest absolute Gasteiger partial charge is 0.416 e. The van der Waals surface area contributed by atoms with Crippen molar-refractivity contribution in [2.75, 3.05) is 43.8 Å². The highest BCUT2D eigenvalue weighted by molar-refractivity contribution is 7.86. The van der Waals surface area contributed by atoms with Crippen molar-refractivity contribution in [3.05, 3.63) is 48.2 Å². The average molecular weight is 447 g/mol. The Bertz CT molecular complexity index is 933. The maximum Gasteiger partial charge on any atom is 0.416 e. The second-order valence-electron chi connectivity index (χ2n) is 6.88. The zero-order valence-corrected chi connectivity index (χ0v) is 18.4. The third-order valence-corrected chi connectivity index (χ3v) is 5.94. The number of hydrogen-bond donors (Lipinski definition) is 1. The van der Waals surface area contributed by atoms with Crippen LogP contribution in [0.1, 0.15) is 23.7 Å². The summed E-state index contributed by atoms with van der Waals surface area (Å²) in [5.41, 5.74) is 1.04. The van der Waals surface area contributed by atoms with Gasteiger partial charge >= 0.3 is 6.09 Å². The molecule has 1 unspecified atom stereocenters. The number of carbonyl (C=O) groups is 2. The Kier molecular flexibility index (Phi) is 7.82. The van der Waals surface area contributed by atoms with E-state index in [1.807, 2.05) is 6.92 Å². The number of pyridine rings is 1. The SMILES string of the molecule is CCCS(=O)Nc1ccc(C(=O)N2CCN(C(=O)Oc3ccccn3)CC2)cc1OC. The summed E-state index contributed by atoms with van der Waals surface area (Å²) in [6.07, 6.45) is 1.86. The molecule has 3 rings (SSSR count). The van der Waals surface area contributed by atoms with Gasteiger partial charge in [-0.1, -0.05) is 13.0 Å². The van der Waals surface area contributed by atoms with Crippen LogP contribution in [0.15, 0.2) is 42.6 Å². The van der Waals surface area contributed by atoms with Crippen molar-refractivity contribution < 1.29 is 23.3 Å². The van der Waals surface area contributed by atoms with Crippen LogP contribution in [-0.4, -0.2) is 70.0 Å². The lowest BCUT2D eigenvalue weighted by Gasteiger charge is -2.34. The van der Waals surface area contributed by atoms with Crippen molar-refractivity contribution in [3.63, 3.8) is 0 Å². The summed E-state index contributed by atoms with van der Waals surface area (Å²) in [4.78, 5) is 32.4. The van der Waals surface area contributed by atoms with E-state index >= 15 is 0 Å². The number of aromatic nitrogens is 1. The summed E-state index contributed by atoms with van der Waals surface area (Å²) in [7, 11) is 0.296. The van der Waals surface area contributed by atoms with Crippen LogP contribution < -0.4 is 14.2 Å². The van der Waals surface area contributed by atoms with Crippen molar-refractivity contribution in [2.45, 2.75) is 13.3 Å². The molecule has 0 saturated carbocycles. The third-order valence-electron chi connectivity index (χ3n) is 4.72. The predicted octanol–water partition coefficient (Wildman–Crippen LogP) is 2.53. The summed E-state index contributed by atoms with van der Waals surface area (Å²) in [6.45, 7) is 3.46. The van der Waals surface area contributed by atoms with E-state index in [0.29, 0.717) is 48.9 Å². The van der Waals surface area contributed by atoms with E-state index in [9.17, 15) is 13.8 Å². The minimum Gasteiger partial charge on any atom is -0.495 e. The van der Waals surface area contributed by atoms with Gasteiger partial charge in [0.2, 0.25) is 5.88 Å². The van der Waals surface area contributed by atoms with Gasteiger partial charge in [-0.05, 0) is 30.7 Å². The van der Waals surface area contributed by atoms with Crippen LogP contribution in [0.4, 0.5) is 10.5 Å². The first-order valence-corrected chi connectivity index (χ1v) is 11.3. The van der Waals surface area contributed by atoms with Gasteiger partial charge in [0, 0.05) is 49.8 Å². The highest BCUT2D eigenvalue weighted by Crippen LogP contribution is 2.27. The molecule has 1 fully saturated rings. The van der Waals surface area contributed by atoms with Gasteiger partial charge < -0.3 is 24.0 Å². The van der Waals surface area contributed by atoms with E-state index in [-0.39, 0.29) is 11.8 Å². The van der Waals surface area contributed by atoms with E-state index in [2.05, 4.69) is 9.71 Å². The van der Waals surface area contributed by atoms with Gasteiger partial charge in [0.1, 0.15) is 16.7 Å². The largest absolute Gasteiger partial charge is 0.495 e. The zero-order chi connectivity index (χ0) is 22.2. The highest BCUT2D eigenvalue weighted by atomic mass is 32.2. The number of piperazine rings is 1. The fourth-order valence-electron chi connectivity index (χ4n) is 3.10. The van der Waals surface area contributed by atoms with Gasteiger partial charge in [0.15, 0.2) is 0 Å². The minimum absolute atomic E-state index is 0.155. The second-order valence-corrected chi connectivity index (χ2v) is 8.19. The molecule has 0 radical (unpaired) electrons. The van der Waals surface area contributed by atoms with Crippen molar-refractivity contribution in [3.8, 4) is 11.6 Å². The average Bonchev–Trinajstić information content (AvgIpc) is 2.79. The first-order valence-electron chi connectivity index (χ1n) is 10.0. The lowest BCUT2D eigenvalue weighted by atomic mass is 10.1. The summed E-state index contributed by atoms with van der Waals surface area (Å²) in [5.74, 6) is 1.06. The van der Waals surface area contributed by atoms with Gasteiger partial charge in [-0.3, -0.25) is 4.79 Å². The van der Waals surface area contributed by atoms with Crippen LogP contribution in [-0.2, 0) is 11.0 Å². The summed E-state index contributed by atoms with van der Waals surface area (Å²) >= 11 is 0. The van der Waals surface area contributed by atoms with Crippen LogP contribution in [0.5, 0.6) is 11.6 Å². The molecule has 9 nitrogen and oxygen atoms in total. The van der Waals surface area contributed by atoms with Gasteiger partial charge in [0.25, 0.3) is 5.91 Å². The molecule has 1 N–H and O–H groups in total. The Balaban J connectivity index is 1.58. The molecule has 1 atom stereocenters. The Morgan fingerprint density at radius 2 is 1.87 bits per heavy atom. The molecule has 0 aliphatic carbocycles. The van der Waals surface area contributed by atoms with Crippen LogP contribution in [0.2, 0.25) is 0 Å². The molecular weight excluding hydrogens is 420 g/mol. The van der Waals surface area contributed by atoms with Crippen LogP contribution in [0.3, 0.4) is 0 Å². The van der Waals surface area contributed by atoms with Crippen molar-refractivity contribution in [2.24, 2.45) is 0 Å². The molecule has 1 aliphatic rings. The molecule has 31 heavy (non-hydrogen) atoms. The van der Waals surface area contributed by atoms with Crippen molar-refractivity contribution in [1.82, 2.24) is 14.8 Å². The molecule has 1 saturated heterocycles. The second kappa shape index (κ2) is 10.8. The summed E-state index contributed by atoms with van der Waals surface area (Å²) < 4.78 is 25.5. The Morgan fingerprint density at radius 3 is 2.52 bits per heavy atom. The molecule has 0 bridgehead atoms. The Labute approximate surface area is 183 Å². The number of hydrogen-bond acceptors (Lipinski definition) is 6. The van der Waals surface area contributed by atoms with Crippen molar-refractivity contribution in [1.29, 1.82) is 0 Å². The molecule has 1 aromatic heterocycles. The monoisotopic (exact) mass is 446 g/mol. The van der Waals surface area contributed by atoms with Gasteiger partial charge in [-0.15, -0.1) is 0 Å². The first-order chi connectivity index (χ1) is 15.0. The van der Waals surface area contributed by atoms with Crippen molar-refractivity contribution >= 4 is 28.7 Å². The first kappa shape index (κ1) is 22.5. The normalized spacial score (nSPS) is 14.6. The highest BCUT2D eigenvalue weighted by Gasteiger charge is 2.26. The third kappa shape index (κ3) is 5.94. The lowest BCUT2D eigenvalue weighted by molar-refractivity contribution is 0.0631. The Morgan fingerprint density at radius 1 is 1.13 bits per heavy atom. The number of amides is 2. The molecule has 1 aliphatic heterocycles. The van der Waals surface area contributed by atoms with E-state index in [0.717, 1.165) is 6.42 Å². The van der Waals surface area contributed by atoms with E-state index in [1.165, 1.54) is 7.11 Å². The Hall–Kier alpha value is -3.14. The predicted molar refractivity (Wildman–Crippen MR) is 118 cm³/mol.